The topological polar surface area (TPSA) is 68.2 Å². The number of fused-ring (bicyclic) bond motifs is 1. The summed E-state index contributed by atoms with van der Waals surface area (Å²) in [6.45, 7) is 1.76. The van der Waals surface area contributed by atoms with Crippen molar-refractivity contribution in [3.63, 3.8) is 0 Å². The molecule has 0 radical (unpaired) electrons. The second-order valence-electron chi connectivity index (χ2n) is 5.11. The molecule has 7 heteroatoms. The van der Waals surface area contributed by atoms with Crippen molar-refractivity contribution < 1.29 is 19.1 Å². The van der Waals surface area contributed by atoms with Crippen LogP contribution in [0.2, 0.25) is 0 Å². The van der Waals surface area contributed by atoms with Gasteiger partial charge >= 0.3 is 5.97 Å². The highest BCUT2D eigenvalue weighted by Gasteiger charge is 2.43. The monoisotopic (exact) mass is 332 g/mol. The summed E-state index contributed by atoms with van der Waals surface area (Å²) >= 11 is 1.38. The molecule has 120 valence electrons. The van der Waals surface area contributed by atoms with Crippen LogP contribution >= 0.6 is 11.8 Å². The SMILES string of the molecule is COC(=O)C1=C(C)N=C2SCC(=O)N2[C@@H]1c1ccc(OC)cc1. The summed E-state index contributed by atoms with van der Waals surface area (Å²) in [5.74, 6) is 0.493. The minimum Gasteiger partial charge on any atom is -0.497 e. The van der Waals surface area contributed by atoms with Crippen molar-refractivity contribution >= 4 is 28.8 Å². The van der Waals surface area contributed by atoms with E-state index in [9.17, 15) is 9.59 Å². The van der Waals surface area contributed by atoms with E-state index >= 15 is 0 Å². The number of methoxy groups -OCH3 is 2. The fraction of sp³-hybridized carbons (Fsp3) is 0.312. The first-order valence-corrected chi connectivity index (χ1v) is 8.02. The van der Waals surface area contributed by atoms with E-state index in [4.69, 9.17) is 9.47 Å². The van der Waals surface area contributed by atoms with Crippen molar-refractivity contribution in [1.82, 2.24) is 4.90 Å². The lowest BCUT2D eigenvalue weighted by atomic mass is 9.94. The fourth-order valence-corrected chi connectivity index (χ4v) is 3.65. The van der Waals surface area contributed by atoms with Gasteiger partial charge in [-0.25, -0.2) is 9.79 Å². The quantitative estimate of drug-likeness (QED) is 0.793. The van der Waals surface area contributed by atoms with E-state index in [1.54, 1.807) is 31.1 Å². The van der Waals surface area contributed by atoms with Crippen molar-refractivity contribution in [1.29, 1.82) is 0 Å². The molecule has 2 aliphatic heterocycles. The standard InChI is InChI=1S/C16H16N2O4S/c1-9-13(15(20)22-3)14(10-4-6-11(21-2)7-5-10)18-12(19)8-23-16(18)17-9/h4-7,14H,8H2,1-3H3/t14-/m1/s1. The maximum absolute atomic E-state index is 12.3. The Morgan fingerprint density at radius 3 is 2.61 bits per heavy atom. The summed E-state index contributed by atoms with van der Waals surface area (Å²) in [6.07, 6.45) is 0. The van der Waals surface area contributed by atoms with Gasteiger partial charge in [0.15, 0.2) is 5.17 Å². The van der Waals surface area contributed by atoms with Gasteiger partial charge in [-0.05, 0) is 24.6 Å². The molecule has 1 amide bonds. The zero-order valence-electron chi connectivity index (χ0n) is 13.0. The van der Waals surface area contributed by atoms with Gasteiger partial charge in [0.2, 0.25) is 5.91 Å². The second-order valence-corrected chi connectivity index (χ2v) is 6.06. The third kappa shape index (κ3) is 2.61. The minimum absolute atomic E-state index is 0.0662. The number of ether oxygens (including phenoxy) is 2. The Morgan fingerprint density at radius 2 is 2.00 bits per heavy atom. The van der Waals surface area contributed by atoms with Crippen LogP contribution in [0.4, 0.5) is 0 Å². The summed E-state index contributed by atoms with van der Waals surface area (Å²) in [4.78, 5) is 30.5. The number of esters is 1. The normalized spacial score (nSPS) is 20.3. The molecule has 23 heavy (non-hydrogen) atoms. The summed E-state index contributed by atoms with van der Waals surface area (Å²) in [5.41, 5.74) is 1.78. The number of hydrogen-bond acceptors (Lipinski definition) is 6. The Kier molecular flexibility index (Phi) is 4.12. The molecule has 6 nitrogen and oxygen atoms in total. The number of thioether (sulfide) groups is 1. The number of hydrogen-bond donors (Lipinski definition) is 0. The molecular weight excluding hydrogens is 316 g/mol. The Bertz CT molecular complexity index is 724. The minimum atomic E-state index is -0.525. The lowest BCUT2D eigenvalue weighted by Crippen LogP contribution is -2.39. The average molecular weight is 332 g/mol. The number of allylic oxidation sites excluding steroid dienone is 1. The molecule has 2 heterocycles. The first-order valence-electron chi connectivity index (χ1n) is 7.03. The third-order valence-corrected chi connectivity index (χ3v) is 4.76. The van der Waals surface area contributed by atoms with E-state index in [2.05, 4.69) is 4.99 Å². The van der Waals surface area contributed by atoms with Crippen LogP contribution in [0.15, 0.2) is 40.5 Å². The van der Waals surface area contributed by atoms with Gasteiger partial charge in [-0.1, -0.05) is 23.9 Å². The predicted octanol–water partition coefficient (Wildman–Crippen LogP) is 2.13. The smallest absolute Gasteiger partial charge is 0.338 e. The van der Waals surface area contributed by atoms with Crippen LogP contribution in [0.1, 0.15) is 18.5 Å². The molecule has 1 saturated heterocycles. The number of aliphatic imine (C=N–C) groups is 1. The third-order valence-electron chi connectivity index (χ3n) is 3.82. The Hall–Kier alpha value is -2.28. The molecule has 1 atom stereocenters. The first-order chi connectivity index (χ1) is 11.1. The van der Waals surface area contributed by atoms with Crippen molar-refractivity contribution in [3.8, 4) is 5.75 Å². The van der Waals surface area contributed by atoms with E-state index in [-0.39, 0.29) is 5.91 Å². The summed E-state index contributed by atoms with van der Waals surface area (Å²) in [5, 5.41) is 0.626. The maximum atomic E-state index is 12.3. The lowest BCUT2D eigenvalue weighted by molar-refractivity contribution is -0.137. The molecular formula is C16H16N2O4S. The Labute approximate surface area is 138 Å². The van der Waals surface area contributed by atoms with Crippen molar-refractivity contribution in [2.45, 2.75) is 13.0 Å². The van der Waals surface area contributed by atoms with Crippen LogP contribution in [0, 0.1) is 0 Å². The molecule has 1 aromatic rings. The van der Waals surface area contributed by atoms with Gasteiger partial charge in [-0.15, -0.1) is 0 Å². The van der Waals surface area contributed by atoms with E-state index in [1.807, 2.05) is 12.1 Å². The zero-order chi connectivity index (χ0) is 16.6. The summed E-state index contributed by atoms with van der Waals surface area (Å²) < 4.78 is 10.1. The van der Waals surface area contributed by atoms with Crippen molar-refractivity contribution in [2.24, 2.45) is 4.99 Å². The molecule has 0 aliphatic carbocycles. The van der Waals surface area contributed by atoms with E-state index in [0.29, 0.717) is 27.9 Å². The molecule has 1 fully saturated rings. The number of nitrogens with zero attached hydrogens (tertiary/aromatic N) is 2. The van der Waals surface area contributed by atoms with E-state index in [1.165, 1.54) is 18.9 Å². The van der Waals surface area contributed by atoms with Crippen LogP contribution in [-0.4, -0.2) is 41.9 Å². The van der Waals surface area contributed by atoms with Crippen LogP contribution < -0.4 is 4.74 Å². The van der Waals surface area contributed by atoms with Gasteiger partial charge in [-0.3, -0.25) is 9.69 Å². The predicted molar refractivity (Wildman–Crippen MR) is 87.2 cm³/mol. The van der Waals surface area contributed by atoms with Crippen LogP contribution in [0.5, 0.6) is 5.75 Å². The van der Waals surface area contributed by atoms with E-state index < -0.39 is 12.0 Å². The average Bonchev–Trinajstić information content (AvgIpc) is 2.93. The lowest BCUT2D eigenvalue weighted by Gasteiger charge is -2.32. The number of carbonyl (C=O) groups excluding carboxylic acids is 2. The highest BCUT2D eigenvalue weighted by Crippen LogP contribution is 2.41. The zero-order valence-corrected chi connectivity index (χ0v) is 13.8. The van der Waals surface area contributed by atoms with Gasteiger partial charge in [0.05, 0.1) is 37.3 Å². The number of benzene rings is 1. The fourth-order valence-electron chi connectivity index (χ4n) is 2.71. The summed E-state index contributed by atoms with van der Waals surface area (Å²) in [6, 6.07) is 6.78. The van der Waals surface area contributed by atoms with Crippen molar-refractivity contribution in [3.05, 3.63) is 41.1 Å². The molecule has 2 aliphatic rings. The molecule has 3 rings (SSSR count). The molecule has 0 bridgehead atoms. The van der Waals surface area contributed by atoms with Gasteiger partial charge in [0, 0.05) is 0 Å². The molecule has 0 unspecified atom stereocenters. The Morgan fingerprint density at radius 1 is 1.30 bits per heavy atom. The number of rotatable bonds is 3. The molecule has 0 spiro atoms. The number of amides is 1. The summed E-state index contributed by atoms with van der Waals surface area (Å²) in [7, 11) is 2.92. The van der Waals surface area contributed by atoms with Crippen LogP contribution in [0.25, 0.3) is 0 Å². The molecule has 0 aromatic heterocycles. The first kappa shape index (κ1) is 15.6. The maximum Gasteiger partial charge on any atom is 0.338 e. The van der Waals surface area contributed by atoms with Crippen molar-refractivity contribution in [2.75, 3.05) is 20.0 Å². The van der Waals surface area contributed by atoms with Gasteiger partial charge in [-0.2, -0.15) is 0 Å². The van der Waals surface area contributed by atoms with Gasteiger partial charge < -0.3 is 9.47 Å². The number of carbonyl (C=O) groups is 2. The molecule has 1 aromatic carbocycles. The van der Waals surface area contributed by atoms with Crippen LogP contribution in [0.3, 0.4) is 0 Å². The highest BCUT2D eigenvalue weighted by molar-refractivity contribution is 8.15. The second kappa shape index (κ2) is 6.08. The molecule has 0 N–H and O–H groups in total. The largest absolute Gasteiger partial charge is 0.497 e. The van der Waals surface area contributed by atoms with Gasteiger partial charge in [0.25, 0.3) is 0 Å². The van der Waals surface area contributed by atoms with E-state index in [0.717, 1.165) is 5.56 Å². The Balaban J connectivity index is 2.12. The van der Waals surface area contributed by atoms with Gasteiger partial charge in [0.1, 0.15) is 5.75 Å². The molecule has 0 saturated carbocycles. The van der Waals surface area contributed by atoms with Crippen LogP contribution in [-0.2, 0) is 14.3 Å². The highest BCUT2D eigenvalue weighted by atomic mass is 32.2. The number of amidine groups is 1.